The van der Waals surface area contributed by atoms with Gasteiger partial charge in [-0.05, 0) is 11.8 Å². The van der Waals surface area contributed by atoms with E-state index in [2.05, 4.69) is 0 Å². The molecular formula is C24H28O10. The van der Waals surface area contributed by atoms with Gasteiger partial charge < -0.3 is 28.4 Å². The largest absolute Gasteiger partial charge is 0.466 e. The number of hydrogen-bond donors (Lipinski definition) is 0. The van der Waals surface area contributed by atoms with Gasteiger partial charge in [0.25, 0.3) is 0 Å². The Morgan fingerprint density at radius 2 is 0.971 bits per heavy atom. The van der Waals surface area contributed by atoms with E-state index >= 15 is 0 Å². The van der Waals surface area contributed by atoms with Crippen LogP contribution in [0, 0.1) is 46.3 Å². The molecule has 0 aromatic carbocycles. The standard InChI is InChI=1S/C24H28O10/c1-29-11(25)7-9-21-13-14-15(21)19(27)24(33-5,34-6)18-17(21)23(31-3,32-4)20(28)16(13)22(14,18)10-8-12(26)30-2/h7-10,13-18H,1-6H3/b9-7+,10-8+/t13-,14-,15+,16+,17-,18-,21+,22+/m0/s1. The summed E-state index contributed by atoms with van der Waals surface area (Å²) in [5.41, 5.74) is -1.79. The molecule has 34 heavy (non-hydrogen) atoms. The van der Waals surface area contributed by atoms with Gasteiger partial charge >= 0.3 is 11.9 Å². The Morgan fingerprint density at radius 3 is 1.24 bits per heavy atom. The fourth-order valence-electron chi connectivity index (χ4n) is 8.68. The number of hydrogen-bond acceptors (Lipinski definition) is 10. The summed E-state index contributed by atoms with van der Waals surface area (Å²) < 4.78 is 32.8. The first-order valence-electron chi connectivity index (χ1n) is 11.0. The Hall–Kier alpha value is -2.40. The topological polar surface area (TPSA) is 124 Å². The van der Waals surface area contributed by atoms with Gasteiger partial charge in [0.1, 0.15) is 0 Å². The summed E-state index contributed by atoms with van der Waals surface area (Å²) in [6.45, 7) is 0. The Morgan fingerprint density at radius 1 is 0.647 bits per heavy atom. The lowest BCUT2D eigenvalue weighted by molar-refractivity contribution is -0.480. The summed E-state index contributed by atoms with van der Waals surface area (Å²) in [7, 11) is 8.07. The number of carbonyl (C=O) groups excluding carboxylic acids is 4. The average molecular weight is 476 g/mol. The van der Waals surface area contributed by atoms with E-state index in [1.807, 2.05) is 0 Å². The third-order valence-corrected chi connectivity index (χ3v) is 9.45. The number of Topliss-reactive ketones (excluding diaryl/α,β-unsaturated/α-hetero) is 2. The predicted octanol–water partition coefficient (Wildman–Crippen LogP) is 0.299. The number of ketones is 2. The van der Waals surface area contributed by atoms with Crippen LogP contribution < -0.4 is 0 Å². The van der Waals surface area contributed by atoms with E-state index < -0.39 is 58.0 Å². The minimum Gasteiger partial charge on any atom is -0.466 e. The Kier molecular flexibility index (Phi) is 4.85. The first kappa shape index (κ1) is 23.3. The molecule has 9 saturated carbocycles. The van der Waals surface area contributed by atoms with Gasteiger partial charge in [-0.25, -0.2) is 9.59 Å². The third kappa shape index (κ3) is 2.02. The number of methoxy groups -OCH3 is 6. The van der Waals surface area contributed by atoms with Crippen LogP contribution in [-0.4, -0.2) is 77.7 Å². The zero-order valence-electron chi connectivity index (χ0n) is 19.9. The quantitative estimate of drug-likeness (QED) is 0.274. The second kappa shape index (κ2) is 7.07. The number of rotatable bonds is 8. The van der Waals surface area contributed by atoms with Crippen molar-refractivity contribution >= 4 is 23.5 Å². The minimum absolute atomic E-state index is 0.233. The van der Waals surface area contributed by atoms with Gasteiger partial charge in [-0.2, -0.15) is 0 Å². The summed E-state index contributed by atoms with van der Waals surface area (Å²) in [5.74, 6) is -8.30. The van der Waals surface area contributed by atoms with Crippen LogP contribution in [0.25, 0.3) is 0 Å². The zero-order chi connectivity index (χ0) is 24.8. The number of ether oxygens (including phenoxy) is 6. The monoisotopic (exact) mass is 476 g/mol. The van der Waals surface area contributed by atoms with Crippen molar-refractivity contribution in [1.29, 1.82) is 0 Å². The highest BCUT2D eigenvalue weighted by Gasteiger charge is 3.01. The predicted molar refractivity (Wildman–Crippen MR) is 112 cm³/mol. The molecule has 9 rings (SSSR count). The second-order valence-corrected chi connectivity index (χ2v) is 9.56. The molecule has 10 heteroatoms. The van der Waals surface area contributed by atoms with E-state index in [1.54, 1.807) is 12.2 Å². The molecule has 0 spiro atoms. The highest BCUT2D eigenvalue weighted by atomic mass is 16.7. The van der Waals surface area contributed by atoms with Crippen LogP contribution in [-0.2, 0) is 47.6 Å². The molecule has 0 unspecified atom stereocenters. The van der Waals surface area contributed by atoms with Crippen LogP contribution in [0.2, 0.25) is 0 Å². The fourth-order valence-corrected chi connectivity index (χ4v) is 8.68. The van der Waals surface area contributed by atoms with Crippen molar-refractivity contribution in [1.82, 2.24) is 0 Å². The highest BCUT2D eigenvalue weighted by molar-refractivity contribution is 6.03. The van der Waals surface area contributed by atoms with E-state index in [4.69, 9.17) is 28.4 Å². The van der Waals surface area contributed by atoms with Crippen molar-refractivity contribution in [3.05, 3.63) is 24.3 Å². The molecule has 0 heterocycles. The SMILES string of the molecule is COC(=O)/C=C/[C@@]12[C@H]3[C@H]4[C@@H]1C(=O)C(OC)(OC)[C@H]1[C@@H]2C(OC)(OC)C(=O)[C@@H]3[C@@]41/C=C/C(=O)OC. The van der Waals surface area contributed by atoms with E-state index in [1.165, 1.54) is 54.8 Å². The lowest BCUT2D eigenvalue weighted by Gasteiger charge is -2.92. The normalized spacial score (nSPS) is 43.7. The van der Waals surface area contributed by atoms with Crippen molar-refractivity contribution in [3.63, 3.8) is 0 Å². The van der Waals surface area contributed by atoms with Crippen molar-refractivity contribution in [2.75, 3.05) is 42.7 Å². The molecule has 8 bridgehead atoms. The molecule has 0 aromatic heterocycles. The van der Waals surface area contributed by atoms with E-state index in [-0.39, 0.29) is 23.4 Å². The minimum atomic E-state index is -1.69. The van der Waals surface area contributed by atoms with Crippen LogP contribution in [0.1, 0.15) is 0 Å². The summed E-state index contributed by atoms with van der Waals surface area (Å²) >= 11 is 0. The molecule has 0 amide bonds. The van der Waals surface area contributed by atoms with Gasteiger partial charge in [0.2, 0.25) is 11.6 Å². The Labute approximate surface area is 196 Å². The van der Waals surface area contributed by atoms with E-state index in [0.29, 0.717) is 0 Å². The van der Waals surface area contributed by atoms with Crippen LogP contribution >= 0.6 is 0 Å². The smallest absolute Gasteiger partial charge is 0.330 e. The lowest BCUT2D eigenvalue weighted by Crippen LogP contribution is -2.99. The number of carbonyl (C=O) groups is 4. The molecule has 10 nitrogen and oxygen atoms in total. The Bertz CT molecular complexity index is 954. The van der Waals surface area contributed by atoms with E-state index in [9.17, 15) is 19.2 Å². The molecule has 9 aliphatic rings. The third-order valence-electron chi connectivity index (χ3n) is 9.45. The average Bonchev–Trinajstić information content (AvgIpc) is 2.84. The van der Waals surface area contributed by atoms with Gasteiger partial charge in [0.15, 0.2) is 11.6 Å². The van der Waals surface area contributed by atoms with Gasteiger partial charge in [-0.3, -0.25) is 9.59 Å². The molecule has 0 N–H and O–H groups in total. The van der Waals surface area contributed by atoms with Gasteiger partial charge in [0.05, 0.1) is 14.2 Å². The van der Waals surface area contributed by atoms with Crippen LogP contribution in [0.4, 0.5) is 0 Å². The number of allylic oxidation sites excluding steroid dienone is 2. The van der Waals surface area contributed by atoms with Crippen molar-refractivity contribution in [3.8, 4) is 0 Å². The van der Waals surface area contributed by atoms with Gasteiger partial charge in [-0.1, -0.05) is 12.2 Å². The maximum absolute atomic E-state index is 13.9. The Balaban J connectivity index is 1.80. The number of esters is 2. The van der Waals surface area contributed by atoms with Gasteiger partial charge in [-0.15, -0.1) is 0 Å². The van der Waals surface area contributed by atoms with E-state index in [0.717, 1.165) is 0 Å². The van der Waals surface area contributed by atoms with Gasteiger partial charge in [0, 0.05) is 75.1 Å². The first-order chi connectivity index (χ1) is 16.2. The molecule has 9 fully saturated rings. The van der Waals surface area contributed by atoms with Crippen LogP contribution in [0.15, 0.2) is 24.3 Å². The molecule has 0 aromatic rings. The lowest BCUT2D eigenvalue weighted by atomic mass is 9.10. The maximum Gasteiger partial charge on any atom is 0.330 e. The van der Waals surface area contributed by atoms with Crippen molar-refractivity contribution in [2.45, 2.75) is 11.6 Å². The highest BCUT2D eigenvalue weighted by Crippen LogP contribution is 2.94. The molecule has 0 saturated heterocycles. The first-order valence-corrected chi connectivity index (χ1v) is 11.0. The molecule has 0 radical (unpaired) electrons. The maximum atomic E-state index is 13.9. The fraction of sp³-hybridized carbons (Fsp3) is 0.667. The van der Waals surface area contributed by atoms with Crippen LogP contribution in [0.5, 0.6) is 0 Å². The zero-order valence-corrected chi connectivity index (χ0v) is 19.9. The van der Waals surface area contributed by atoms with Crippen molar-refractivity contribution in [2.24, 2.45) is 46.3 Å². The summed E-state index contributed by atoms with van der Waals surface area (Å²) in [6.07, 6.45) is 5.97. The molecular weight excluding hydrogens is 448 g/mol. The molecule has 9 aliphatic carbocycles. The summed E-state index contributed by atoms with van der Waals surface area (Å²) in [4.78, 5) is 51.9. The summed E-state index contributed by atoms with van der Waals surface area (Å²) in [5, 5.41) is 0. The van der Waals surface area contributed by atoms with Crippen LogP contribution in [0.3, 0.4) is 0 Å². The summed E-state index contributed by atoms with van der Waals surface area (Å²) in [6, 6.07) is 0. The second-order valence-electron chi connectivity index (χ2n) is 9.56. The molecule has 8 atom stereocenters. The number of fused-ring (bicyclic) bond motifs is 2. The van der Waals surface area contributed by atoms with Crippen molar-refractivity contribution < 1.29 is 47.6 Å². The molecule has 184 valence electrons. The molecule has 0 aliphatic heterocycles.